The van der Waals surface area contributed by atoms with Gasteiger partial charge in [0.2, 0.25) is 5.95 Å². The van der Waals surface area contributed by atoms with E-state index >= 15 is 0 Å². The first-order valence-electron chi connectivity index (χ1n) is 9.60. The van der Waals surface area contributed by atoms with Gasteiger partial charge in [0.15, 0.2) is 5.78 Å². The Kier molecular flexibility index (Phi) is 3.72. The van der Waals surface area contributed by atoms with E-state index in [1.807, 2.05) is 22.9 Å². The van der Waals surface area contributed by atoms with Crippen molar-refractivity contribution in [1.82, 2.24) is 14.8 Å². The third-order valence-corrected chi connectivity index (χ3v) is 5.61. The summed E-state index contributed by atoms with van der Waals surface area (Å²) in [6.07, 6.45) is 2.93. The highest BCUT2D eigenvalue weighted by Gasteiger charge is 2.41. The molecule has 3 aromatic rings. The van der Waals surface area contributed by atoms with E-state index in [2.05, 4.69) is 65.6 Å². The average Bonchev–Trinajstić information content (AvgIpc) is 3.14. The van der Waals surface area contributed by atoms with E-state index in [0.717, 1.165) is 28.8 Å². The molecule has 0 amide bonds. The fourth-order valence-corrected chi connectivity index (χ4v) is 4.35. The predicted octanol–water partition coefficient (Wildman–Crippen LogP) is 4.60. The van der Waals surface area contributed by atoms with Gasteiger partial charge in [0, 0.05) is 17.7 Å². The second-order valence-corrected chi connectivity index (χ2v) is 8.38. The molecule has 5 heteroatoms. The molecule has 140 valence electrons. The molecule has 5 nitrogen and oxygen atoms in total. The van der Waals surface area contributed by atoms with Gasteiger partial charge in [0.05, 0.1) is 0 Å². The number of benzene rings is 2. The van der Waals surface area contributed by atoms with E-state index in [4.69, 9.17) is 0 Å². The lowest BCUT2D eigenvalue weighted by atomic mass is 9.73. The van der Waals surface area contributed by atoms with E-state index in [-0.39, 0.29) is 17.2 Å². The Morgan fingerprint density at radius 1 is 1.00 bits per heavy atom. The molecule has 1 N–H and O–H groups in total. The number of carbonyl (C=O) groups is 1. The van der Waals surface area contributed by atoms with Crippen LogP contribution in [0.5, 0.6) is 0 Å². The monoisotopic (exact) mass is 370 g/mol. The molecular weight excluding hydrogens is 348 g/mol. The maximum atomic E-state index is 13.1. The summed E-state index contributed by atoms with van der Waals surface area (Å²) in [4.78, 5) is 17.4. The molecule has 2 aromatic carbocycles. The molecule has 28 heavy (non-hydrogen) atoms. The SMILES string of the molecule is CC1(C)CC(=O)C2=C(C1)Nc1ncnn1[C@@H]2c1ccc(-c2ccccc2)cc1. The first-order valence-corrected chi connectivity index (χ1v) is 9.60. The summed E-state index contributed by atoms with van der Waals surface area (Å²) < 4.78 is 1.83. The molecule has 1 atom stereocenters. The van der Waals surface area contributed by atoms with Gasteiger partial charge in [-0.25, -0.2) is 4.68 Å². The molecule has 0 saturated heterocycles. The molecule has 1 aromatic heterocycles. The quantitative estimate of drug-likeness (QED) is 0.716. The van der Waals surface area contributed by atoms with E-state index in [9.17, 15) is 4.79 Å². The standard InChI is InChI=1S/C23H22N4O/c1-23(2)12-18-20(19(28)13-23)21(27-22(26-18)24-14-25-27)17-10-8-16(9-11-17)15-6-4-3-5-7-15/h3-11,14,21H,12-13H2,1-2H3,(H,24,25,26)/t21-/m1/s1. The van der Waals surface area contributed by atoms with Gasteiger partial charge in [0.1, 0.15) is 12.4 Å². The van der Waals surface area contributed by atoms with Crippen LogP contribution in [0, 0.1) is 5.41 Å². The van der Waals surface area contributed by atoms with E-state index in [1.54, 1.807) is 6.33 Å². The smallest absolute Gasteiger partial charge is 0.226 e. The van der Waals surface area contributed by atoms with Crippen molar-refractivity contribution in [1.29, 1.82) is 0 Å². The number of hydrogen-bond donors (Lipinski definition) is 1. The van der Waals surface area contributed by atoms with Crippen LogP contribution in [0.25, 0.3) is 11.1 Å². The highest BCUT2D eigenvalue weighted by molar-refractivity contribution is 6.00. The lowest BCUT2D eigenvalue weighted by Crippen LogP contribution is -2.36. The molecule has 0 saturated carbocycles. The lowest BCUT2D eigenvalue weighted by molar-refractivity contribution is -0.118. The lowest BCUT2D eigenvalue weighted by Gasteiger charge is -2.38. The largest absolute Gasteiger partial charge is 0.328 e. The summed E-state index contributed by atoms with van der Waals surface area (Å²) in [5.74, 6) is 0.887. The Balaban J connectivity index is 1.60. The maximum Gasteiger partial charge on any atom is 0.226 e. The molecule has 0 unspecified atom stereocenters. The Bertz CT molecular complexity index is 1080. The van der Waals surface area contributed by atoms with Crippen LogP contribution in [-0.4, -0.2) is 20.5 Å². The Morgan fingerprint density at radius 2 is 1.71 bits per heavy atom. The van der Waals surface area contributed by atoms with Crippen molar-refractivity contribution in [3.05, 3.63) is 77.8 Å². The summed E-state index contributed by atoms with van der Waals surface area (Å²) in [6.45, 7) is 4.28. The first-order chi connectivity index (χ1) is 13.5. The van der Waals surface area contributed by atoms with Crippen LogP contribution in [0.4, 0.5) is 5.95 Å². The van der Waals surface area contributed by atoms with Crippen molar-refractivity contribution in [3.63, 3.8) is 0 Å². The van der Waals surface area contributed by atoms with Crippen LogP contribution in [0.2, 0.25) is 0 Å². The molecule has 1 aliphatic carbocycles. The zero-order valence-electron chi connectivity index (χ0n) is 16.0. The molecule has 1 aliphatic heterocycles. The van der Waals surface area contributed by atoms with Crippen molar-refractivity contribution in [2.75, 3.05) is 5.32 Å². The average molecular weight is 370 g/mol. The topological polar surface area (TPSA) is 59.8 Å². The minimum absolute atomic E-state index is 0.0488. The number of fused-ring (bicyclic) bond motifs is 1. The van der Waals surface area contributed by atoms with Gasteiger partial charge in [-0.3, -0.25) is 4.79 Å². The first kappa shape index (κ1) is 16.9. The zero-order valence-corrected chi connectivity index (χ0v) is 16.0. The number of allylic oxidation sites excluding steroid dienone is 2. The number of nitrogens with one attached hydrogen (secondary N) is 1. The Hall–Kier alpha value is -3.21. The van der Waals surface area contributed by atoms with E-state index in [1.165, 1.54) is 5.56 Å². The van der Waals surface area contributed by atoms with Gasteiger partial charge in [0.25, 0.3) is 0 Å². The van der Waals surface area contributed by atoms with Crippen molar-refractivity contribution in [3.8, 4) is 11.1 Å². The van der Waals surface area contributed by atoms with Gasteiger partial charge in [-0.15, -0.1) is 0 Å². The molecule has 0 spiro atoms. The minimum atomic E-state index is -0.234. The van der Waals surface area contributed by atoms with Crippen molar-refractivity contribution >= 4 is 11.7 Å². The second-order valence-electron chi connectivity index (χ2n) is 8.38. The summed E-state index contributed by atoms with van der Waals surface area (Å²) in [5.41, 5.74) is 5.14. The van der Waals surface area contributed by atoms with Crippen LogP contribution in [-0.2, 0) is 4.79 Å². The highest BCUT2D eigenvalue weighted by atomic mass is 16.1. The number of Topliss-reactive ketones (excluding diaryl/α,β-unsaturated/α-hetero) is 1. The van der Waals surface area contributed by atoms with Gasteiger partial charge in [-0.2, -0.15) is 10.1 Å². The van der Waals surface area contributed by atoms with Crippen molar-refractivity contribution in [2.24, 2.45) is 5.41 Å². The van der Waals surface area contributed by atoms with Crippen LogP contribution in [0.15, 0.2) is 72.2 Å². The summed E-state index contributed by atoms with van der Waals surface area (Å²) in [6, 6.07) is 18.5. The second kappa shape index (κ2) is 6.16. The molecule has 5 rings (SSSR count). The molecule has 0 radical (unpaired) electrons. The fourth-order valence-electron chi connectivity index (χ4n) is 4.35. The third kappa shape index (κ3) is 2.74. The van der Waals surface area contributed by atoms with Crippen LogP contribution >= 0.6 is 0 Å². The Morgan fingerprint density at radius 3 is 2.46 bits per heavy atom. The van der Waals surface area contributed by atoms with Crippen LogP contribution in [0.3, 0.4) is 0 Å². The predicted molar refractivity (Wildman–Crippen MR) is 109 cm³/mol. The molecule has 2 aliphatic rings. The molecule has 0 bridgehead atoms. The normalized spacial score (nSPS) is 20.4. The number of nitrogens with zero attached hydrogens (tertiary/aromatic N) is 3. The highest BCUT2D eigenvalue weighted by Crippen LogP contribution is 2.45. The van der Waals surface area contributed by atoms with Gasteiger partial charge in [-0.05, 0) is 28.5 Å². The number of anilines is 1. The van der Waals surface area contributed by atoms with E-state index in [0.29, 0.717) is 12.4 Å². The Labute approximate surface area is 164 Å². The zero-order chi connectivity index (χ0) is 19.3. The minimum Gasteiger partial charge on any atom is -0.328 e. The summed E-state index contributed by atoms with van der Waals surface area (Å²) in [7, 11) is 0. The fraction of sp³-hybridized carbons (Fsp3) is 0.261. The van der Waals surface area contributed by atoms with Crippen LogP contribution in [0.1, 0.15) is 38.3 Å². The van der Waals surface area contributed by atoms with Gasteiger partial charge >= 0.3 is 0 Å². The van der Waals surface area contributed by atoms with Gasteiger partial charge in [-0.1, -0.05) is 68.4 Å². The molecular formula is C23H22N4O. The molecule has 2 heterocycles. The van der Waals surface area contributed by atoms with Crippen molar-refractivity contribution < 1.29 is 4.79 Å². The van der Waals surface area contributed by atoms with Crippen LogP contribution < -0.4 is 5.32 Å². The van der Waals surface area contributed by atoms with Crippen molar-refractivity contribution in [2.45, 2.75) is 32.7 Å². The van der Waals surface area contributed by atoms with Gasteiger partial charge < -0.3 is 5.32 Å². The molecule has 0 fully saturated rings. The number of rotatable bonds is 2. The summed E-state index contributed by atoms with van der Waals surface area (Å²) in [5, 5.41) is 7.76. The third-order valence-electron chi connectivity index (χ3n) is 5.61. The number of carbonyl (C=O) groups excluding carboxylic acids is 1. The maximum absolute atomic E-state index is 13.1. The van der Waals surface area contributed by atoms with E-state index < -0.39 is 0 Å². The number of ketones is 1. The number of hydrogen-bond acceptors (Lipinski definition) is 4. The number of aromatic nitrogens is 3. The summed E-state index contributed by atoms with van der Waals surface area (Å²) >= 11 is 0.